The molecule has 0 unspecified atom stereocenters. The minimum atomic E-state index is 0.502. The third kappa shape index (κ3) is 4.89. The summed E-state index contributed by atoms with van der Waals surface area (Å²) in [6, 6.07) is 8.11. The Hall–Kier alpha value is -1.51. The van der Waals surface area contributed by atoms with Crippen LogP contribution in [0.25, 0.3) is 0 Å². The first-order chi connectivity index (χ1) is 8.15. The lowest BCUT2D eigenvalue weighted by molar-refractivity contribution is 0.506. The molecule has 0 aliphatic heterocycles. The molecule has 0 amide bonds. The second-order valence-corrected chi connectivity index (χ2v) is 4.40. The van der Waals surface area contributed by atoms with Crippen LogP contribution in [0.3, 0.4) is 0 Å². The number of guanidine groups is 1. The highest BCUT2D eigenvalue weighted by Crippen LogP contribution is 2.10. The van der Waals surface area contributed by atoms with Gasteiger partial charge in [-0.3, -0.25) is 4.99 Å². The summed E-state index contributed by atoms with van der Waals surface area (Å²) in [7, 11) is 0. The van der Waals surface area contributed by atoms with Crippen LogP contribution in [0.4, 0.5) is 5.69 Å². The van der Waals surface area contributed by atoms with Crippen LogP contribution in [-0.4, -0.2) is 12.5 Å². The summed E-state index contributed by atoms with van der Waals surface area (Å²) < 4.78 is 0. The monoisotopic (exact) mass is 233 g/mol. The highest BCUT2D eigenvalue weighted by atomic mass is 15.1. The highest BCUT2D eigenvalue weighted by Gasteiger charge is 2.02. The molecule has 1 rings (SSSR count). The summed E-state index contributed by atoms with van der Waals surface area (Å²) in [6.07, 6.45) is 2.30. The fourth-order valence-electron chi connectivity index (χ4n) is 1.68. The quantitative estimate of drug-likeness (QED) is 0.606. The molecule has 0 bridgehead atoms. The average molecular weight is 233 g/mol. The Kier molecular flexibility index (Phi) is 5.53. The Morgan fingerprint density at radius 1 is 1.35 bits per heavy atom. The molecule has 3 nitrogen and oxygen atoms in total. The average Bonchev–Trinajstić information content (AvgIpc) is 2.30. The summed E-state index contributed by atoms with van der Waals surface area (Å²) in [5.41, 5.74) is 8.06. The van der Waals surface area contributed by atoms with E-state index in [1.54, 1.807) is 0 Å². The second kappa shape index (κ2) is 6.94. The third-order valence-electron chi connectivity index (χ3n) is 2.97. The first-order valence-corrected chi connectivity index (χ1v) is 6.29. The van der Waals surface area contributed by atoms with Crippen molar-refractivity contribution in [2.24, 2.45) is 16.6 Å². The van der Waals surface area contributed by atoms with E-state index < -0.39 is 0 Å². The molecule has 0 saturated carbocycles. The van der Waals surface area contributed by atoms with E-state index in [1.165, 1.54) is 5.56 Å². The number of nitrogens with zero attached hydrogens (tertiary/aromatic N) is 1. The molecule has 0 aromatic heterocycles. The van der Waals surface area contributed by atoms with Gasteiger partial charge in [-0.2, -0.15) is 0 Å². The van der Waals surface area contributed by atoms with Crippen LogP contribution in [0.2, 0.25) is 0 Å². The van der Waals surface area contributed by atoms with E-state index in [2.05, 4.69) is 43.2 Å². The lowest BCUT2D eigenvalue weighted by atomic mass is 10.0. The van der Waals surface area contributed by atoms with Crippen molar-refractivity contribution in [3.8, 4) is 0 Å². The zero-order valence-electron chi connectivity index (χ0n) is 11.0. The normalized spacial score (nSPS) is 11.9. The van der Waals surface area contributed by atoms with Gasteiger partial charge in [0.2, 0.25) is 0 Å². The van der Waals surface area contributed by atoms with Crippen molar-refractivity contribution in [3.05, 3.63) is 29.8 Å². The van der Waals surface area contributed by atoms with E-state index in [1.807, 2.05) is 12.1 Å². The molecule has 1 aromatic rings. The number of nitrogens with one attached hydrogen (secondary N) is 1. The van der Waals surface area contributed by atoms with E-state index in [4.69, 9.17) is 5.73 Å². The molecule has 3 N–H and O–H groups in total. The van der Waals surface area contributed by atoms with E-state index in [0.29, 0.717) is 11.9 Å². The maximum Gasteiger partial charge on any atom is 0.193 e. The van der Waals surface area contributed by atoms with E-state index in [0.717, 1.165) is 25.1 Å². The van der Waals surface area contributed by atoms with Gasteiger partial charge in [0.1, 0.15) is 0 Å². The molecule has 1 aromatic carbocycles. The van der Waals surface area contributed by atoms with Crippen molar-refractivity contribution in [3.63, 3.8) is 0 Å². The molecule has 0 atom stereocenters. The molecule has 0 radical (unpaired) electrons. The molecular weight excluding hydrogens is 210 g/mol. The smallest absolute Gasteiger partial charge is 0.193 e. The largest absolute Gasteiger partial charge is 0.370 e. The molecule has 94 valence electrons. The minimum absolute atomic E-state index is 0.502. The van der Waals surface area contributed by atoms with Gasteiger partial charge < -0.3 is 11.1 Å². The number of benzene rings is 1. The summed E-state index contributed by atoms with van der Waals surface area (Å²) >= 11 is 0. The van der Waals surface area contributed by atoms with Crippen molar-refractivity contribution in [1.29, 1.82) is 0 Å². The maximum absolute atomic E-state index is 5.85. The van der Waals surface area contributed by atoms with Gasteiger partial charge >= 0.3 is 0 Å². The van der Waals surface area contributed by atoms with E-state index in [-0.39, 0.29) is 0 Å². The van der Waals surface area contributed by atoms with Gasteiger partial charge in [0.25, 0.3) is 0 Å². The lowest BCUT2D eigenvalue weighted by Gasteiger charge is -2.10. The fraction of sp³-hybridized carbons (Fsp3) is 0.500. The van der Waals surface area contributed by atoms with Crippen LogP contribution in [0.15, 0.2) is 29.3 Å². The van der Waals surface area contributed by atoms with E-state index in [9.17, 15) is 0 Å². The van der Waals surface area contributed by atoms with Crippen molar-refractivity contribution in [1.82, 2.24) is 0 Å². The number of hydrogen-bond acceptors (Lipinski definition) is 1. The molecule has 0 aliphatic carbocycles. The zero-order valence-corrected chi connectivity index (χ0v) is 11.0. The summed E-state index contributed by atoms with van der Waals surface area (Å²) in [5, 5.41) is 3.11. The van der Waals surface area contributed by atoms with Crippen molar-refractivity contribution >= 4 is 11.6 Å². The molecule has 3 heteroatoms. The fourth-order valence-corrected chi connectivity index (χ4v) is 1.68. The molecule has 17 heavy (non-hydrogen) atoms. The maximum atomic E-state index is 5.85. The topological polar surface area (TPSA) is 50.4 Å². The van der Waals surface area contributed by atoms with Crippen LogP contribution < -0.4 is 11.1 Å². The van der Waals surface area contributed by atoms with Crippen molar-refractivity contribution in [2.45, 2.75) is 33.6 Å². The Balaban J connectivity index is 2.53. The number of hydrogen-bond donors (Lipinski definition) is 2. The highest BCUT2D eigenvalue weighted by molar-refractivity contribution is 5.92. The van der Waals surface area contributed by atoms with Crippen LogP contribution in [0, 0.1) is 12.8 Å². The SMILES string of the molecule is CCC(CC)CN=C(N)Nc1cccc(C)c1. The molecule has 0 fully saturated rings. The Labute approximate surface area is 104 Å². The molecule has 0 heterocycles. The minimum Gasteiger partial charge on any atom is -0.370 e. The third-order valence-corrected chi connectivity index (χ3v) is 2.97. The summed E-state index contributed by atoms with van der Waals surface area (Å²) in [5.74, 6) is 1.13. The van der Waals surface area contributed by atoms with Gasteiger partial charge in [-0.05, 0) is 30.5 Å². The number of nitrogens with two attached hydrogens (primary N) is 1. The number of anilines is 1. The first kappa shape index (κ1) is 13.6. The molecule has 0 aliphatic rings. The molecule has 0 saturated heterocycles. The van der Waals surface area contributed by atoms with Crippen LogP contribution >= 0.6 is 0 Å². The number of aliphatic imine (C=N–C) groups is 1. The molecular formula is C14H23N3. The van der Waals surface area contributed by atoms with Crippen LogP contribution in [0.1, 0.15) is 32.3 Å². The van der Waals surface area contributed by atoms with E-state index >= 15 is 0 Å². The van der Waals surface area contributed by atoms with Gasteiger partial charge in [0, 0.05) is 12.2 Å². The zero-order chi connectivity index (χ0) is 12.7. The van der Waals surface area contributed by atoms with Gasteiger partial charge in [0.05, 0.1) is 0 Å². The predicted octanol–water partition coefficient (Wildman–Crippen LogP) is 3.16. The number of rotatable bonds is 5. The second-order valence-electron chi connectivity index (χ2n) is 4.40. The van der Waals surface area contributed by atoms with Gasteiger partial charge in [-0.1, -0.05) is 38.8 Å². The summed E-state index contributed by atoms with van der Waals surface area (Å²) in [6.45, 7) is 7.24. The Morgan fingerprint density at radius 2 is 2.06 bits per heavy atom. The molecule has 0 spiro atoms. The van der Waals surface area contributed by atoms with Crippen molar-refractivity contribution in [2.75, 3.05) is 11.9 Å². The lowest BCUT2D eigenvalue weighted by Crippen LogP contribution is -2.23. The predicted molar refractivity (Wildman–Crippen MR) is 75.4 cm³/mol. The Bertz CT molecular complexity index is 367. The van der Waals surface area contributed by atoms with Gasteiger partial charge in [0.15, 0.2) is 5.96 Å². The first-order valence-electron chi connectivity index (χ1n) is 6.29. The standard InChI is InChI=1S/C14H23N3/c1-4-12(5-2)10-16-14(15)17-13-8-6-7-11(3)9-13/h6-9,12H,4-5,10H2,1-3H3,(H3,15,16,17). The Morgan fingerprint density at radius 3 is 2.65 bits per heavy atom. The van der Waals surface area contributed by atoms with Crippen LogP contribution in [0.5, 0.6) is 0 Å². The van der Waals surface area contributed by atoms with Crippen molar-refractivity contribution < 1.29 is 0 Å². The van der Waals surface area contributed by atoms with Gasteiger partial charge in [-0.15, -0.1) is 0 Å². The summed E-state index contributed by atoms with van der Waals surface area (Å²) in [4.78, 5) is 4.37. The van der Waals surface area contributed by atoms with Gasteiger partial charge in [-0.25, -0.2) is 0 Å². The van der Waals surface area contributed by atoms with Crippen LogP contribution in [-0.2, 0) is 0 Å². The number of aryl methyl sites for hydroxylation is 1.